The smallest absolute Gasteiger partial charge is 0.275 e. The molecule has 1 fully saturated rings. The van der Waals surface area contributed by atoms with Crippen molar-refractivity contribution < 1.29 is 9.32 Å². The number of aromatic nitrogens is 2. The molecule has 18 heavy (non-hydrogen) atoms. The predicted octanol–water partition coefficient (Wildman–Crippen LogP) is 2.51. The lowest BCUT2D eigenvalue weighted by Gasteiger charge is -2.02. The molecule has 2 aromatic heterocycles. The normalized spacial score (nSPS) is 14.5. The lowest BCUT2D eigenvalue weighted by molar-refractivity contribution is 0.102. The van der Waals surface area contributed by atoms with Gasteiger partial charge in [-0.1, -0.05) is 5.16 Å². The maximum atomic E-state index is 12.0. The Morgan fingerprint density at radius 3 is 2.94 bits per heavy atom. The van der Waals surface area contributed by atoms with Gasteiger partial charge in [0.05, 0.1) is 0 Å². The molecule has 0 atom stereocenters. The van der Waals surface area contributed by atoms with Gasteiger partial charge in [0.15, 0.2) is 5.82 Å². The molecule has 0 aromatic carbocycles. The van der Waals surface area contributed by atoms with Crippen molar-refractivity contribution in [1.29, 1.82) is 0 Å². The Balaban J connectivity index is 1.77. The second kappa shape index (κ2) is 4.25. The highest BCUT2D eigenvalue weighted by atomic mass is 16.5. The van der Waals surface area contributed by atoms with Crippen molar-refractivity contribution in [2.45, 2.75) is 25.7 Å². The van der Waals surface area contributed by atoms with Crippen LogP contribution in [0.25, 0.3) is 0 Å². The first kappa shape index (κ1) is 11.0. The number of hydrogen-bond acceptors (Lipinski definition) is 4. The Labute approximate surface area is 104 Å². The van der Waals surface area contributed by atoms with Gasteiger partial charge in [0.1, 0.15) is 11.5 Å². The Kier molecular flexibility index (Phi) is 2.59. The molecule has 0 bridgehead atoms. The first-order chi connectivity index (χ1) is 8.72. The van der Waals surface area contributed by atoms with Crippen LogP contribution in [0, 0.1) is 6.92 Å². The van der Waals surface area contributed by atoms with Gasteiger partial charge in [0.2, 0.25) is 0 Å². The van der Waals surface area contributed by atoms with E-state index in [9.17, 15) is 4.79 Å². The number of amides is 1. The van der Waals surface area contributed by atoms with Gasteiger partial charge in [-0.2, -0.15) is 0 Å². The summed E-state index contributed by atoms with van der Waals surface area (Å²) in [5.74, 6) is 1.42. The zero-order chi connectivity index (χ0) is 12.5. The van der Waals surface area contributed by atoms with Crippen molar-refractivity contribution in [1.82, 2.24) is 10.1 Å². The van der Waals surface area contributed by atoms with E-state index >= 15 is 0 Å². The van der Waals surface area contributed by atoms with Gasteiger partial charge in [-0.3, -0.25) is 9.78 Å². The van der Waals surface area contributed by atoms with Crippen molar-refractivity contribution >= 4 is 11.7 Å². The van der Waals surface area contributed by atoms with Crippen LogP contribution in [0.2, 0.25) is 0 Å². The highest BCUT2D eigenvalue weighted by Crippen LogP contribution is 2.39. The van der Waals surface area contributed by atoms with E-state index in [4.69, 9.17) is 4.52 Å². The van der Waals surface area contributed by atoms with Crippen molar-refractivity contribution in [2.75, 3.05) is 5.32 Å². The molecule has 5 nitrogen and oxygen atoms in total. The molecule has 2 heterocycles. The van der Waals surface area contributed by atoms with Gasteiger partial charge in [-0.25, -0.2) is 0 Å². The highest BCUT2D eigenvalue weighted by Gasteiger charge is 2.24. The second-order valence-electron chi connectivity index (χ2n) is 4.53. The second-order valence-corrected chi connectivity index (χ2v) is 4.53. The number of nitrogens with zero attached hydrogens (tertiary/aromatic N) is 2. The number of aryl methyl sites for hydroxylation is 1. The third-order valence-electron chi connectivity index (χ3n) is 2.93. The summed E-state index contributed by atoms with van der Waals surface area (Å²) >= 11 is 0. The fraction of sp³-hybridized carbons (Fsp3) is 0.308. The molecule has 5 heteroatoms. The van der Waals surface area contributed by atoms with Gasteiger partial charge in [-0.05, 0) is 43.4 Å². The van der Waals surface area contributed by atoms with Crippen LogP contribution in [0.1, 0.15) is 40.6 Å². The standard InChI is InChI=1S/C13H13N3O2/c1-8-6-12(16-18-8)15-13(17)11-7-10(4-5-14-11)9-2-3-9/h4-7,9H,2-3H2,1H3,(H,15,16,17). The van der Waals surface area contributed by atoms with E-state index < -0.39 is 0 Å². The number of carbonyl (C=O) groups excluding carboxylic acids is 1. The Morgan fingerprint density at radius 2 is 2.28 bits per heavy atom. The Bertz CT molecular complexity index is 587. The molecular weight excluding hydrogens is 230 g/mol. The molecule has 1 amide bonds. The van der Waals surface area contributed by atoms with E-state index in [0.29, 0.717) is 23.2 Å². The fourth-order valence-electron chi connectivity index (χ4n) is 1.85. The molecule has 1 saturated carbocycles. The van der Waals surface area contributed by atoms with E-state index in [1.807, 2.05) is 12.1 Å². The Hall–Kier alpha value is -2.17. The van der Waals surface area contributed by atoms with Gasteiger partial charge >= 0.3 is 0 Å². The molecule has 0 unspecified atom stereocenters. The minimum atomic E-state index is -0.259. The van der Waals surface area contributed by atoms with Gasteiger partial charge in [-0.15, -0.1) is 0 Å². The molecule has 3 rings (SSSR count). The minimum Gasteiger partial charge on any atom is -0.360 e. The van der Waals surface area contributed by atoms with Crippen LogP contribution in [-0.4, -0.2) is 16.0 Å². The van der Waals surface area contributed by atoms with Crippen LogP contribution >= 0.6 is 0 Å². The SMILES string of the molecule is Cc1cc(NC(=O)c2cc(C3CC3)ccn2)no1. The maximum Gasteiger partial charge on any atom is 0.275 e. The highest BCUT2D eigenvalue weighted by molar-refractivity contribution is 6.02. The first-order valence-electron chi connectivity index (χ1n) is 5.93. The summed E-state index contributed by atoms with van der Waals surface area (Å²) in [5.41, 5.74) is 1.60. The largest absolute Gasteiger partial charge is 0.360 e. The van der Waals surface area contributed by atoms with Crippen LogP contribution in [0.3, 0.4) is 0 Å². The lowest BCUT2D eigenvalue weighted by Crippen LogP contribution is -2.14. The first-order valence-corrected chi connectivity index (χ1v) is 5.93. The van der Waals surface area contributed by atoms with E-state index in [1.54, 1.807) is 19.2 Å². The predicted molar refractivity (Wildman–Crippen MR) is 65.4 cm³/mol. The van der Waals surface area contributed by atoms with Crippen molar-refractivity contribution in [2.24, 2.45) is 0 Å². The zero-order valence-corrected chi connectivity index (χ0v) is 10.0. The van der Waals surface area contributed by atoms with Gasteiger partial charge < -0.3 is 9.84 Å². The number of anilines is 1. The molecule has 2 aromatic rings. The summed E-state index contributed by atoms with van der Waals surface area (Å²) in [6.07, 6.45) is 4.08. The molecule has 0 spiro atoms. The van der Waals surface area contributed by atoms with E-state index in [-0.39, 0.29) is 5.91 Å². The summed E-state index contributed by atoms with van der Waals surface area (Å²) in [4.78, 5) is 16.0. The van der Waals surface area contributed by atoms with E-state index in [1.165, 1.54) is 18.4 Å². The number of carbonyl (C=O) groups is 1. The number of nitrogens with one attached hydrogen (secondary N) is 1. The average Bonchev–Trinajstić information content (AvgIpc) is 3.14. The monoisotopic (exact) mass is 243 g/mol. The summed E-state index contributed by atoms with van der Waals surface area (Å²) in [7, 11) is 0. The lowest BCUT2D eigenvalue weighted by atomic mass is 10.1. The zero-order valence-electron chi connectivity index (χ0n) is 10.0. The third-order valence-corrected chi connectivity index (χ3v) is 2.93. The summed E-state index contributed by atoms with van der Waals surface area (Å²) < 4.78 is 4.89. The number of rotatable bonds is 3. The van der Waals surface area contributed by atoms with Crippen molar-refractivity contribution in [3.8, 4) is 0 Å². The number of hydrogen-bond donors (Lipinski definition) is 1. The fourth-order valence-corrected chi connectivity index (χ4v) is 1.85. The van der Waals surface area contributed by atoms with Crippen molar-refractivity contribution in [3.05, 3.63) is 41.4 Å². The maximum absolute atomic E-state index is 12.0. The third kappa shape index (κ3) is 2.25. The summed E-state index contributed by atoms with van der Waals surface area (Å²) in [6.45, 7) is 1.77. The molecule has 1 aliphatic carbocycles. The molecule has 0 saturated heterocycles. The molecule has 92 valence electrons. The Morgan fingerprint density at radius 1 is 1.44 bits per heavy atom. The molecule has 1 N–H and O–H groups in total. The van der Waals surface area contributed by atoms with Crippen LogP contribution in [0.5, 0.6) is 0 Å². The number of pyridine rings is 1. The van der Waals surface area contributed by atoms with Crippen LogP contribution in [-0.2, 0) is 0 Å². The van der Waals surface area contributed by atoms with Crippen LogP contribution in [0.15, 0.2) is 28.9 Å². The van der Waals surface area contributed by atoms with Crippen LogP contribution in [0.4, 0.5) is 5.82 Å². The molecule has 1 aliphatic rings. The van der Waals surface area contributed by atoms with Gasteiger partial charge in [0, 0.05) is 12.3 Å². The molecule has 0 radical (unpaired) electrons. The summed E-state index contributed by atoms with van der Waals surface area (Å²) in [5, 5.41) is 6.38. The molecule has 0 aliphatic heterocycles. The van der Waals surface area contributed by atoms with Crippen LogP contribution < -0.4 is 5.32 Å². The van der Waals surface area contributed by atoms with E-state index in [0.717, 1.165) is 0 Å². The molecular formula is C13H13N3O2. The summed E-state index contributed by atoms with van der Waals surface area (Å²) in [6, 6.07) is 5.48. The average molecular weight is 243 g/mol. The minimum absolute atomic E-state index is 0.259. The quantitative estimate of drug-likeness (QED) is 0.899. The van der Waals surface area contributed by atoms with Gasteiger partial charge in [0.25, 0.3) is 5.91 Å². The van der Waals surface area contributed by atoms with Crippen molar-refractivity contribution in [3.63, 3.8) is 0 Å². The topological polar surface area (TPSA) is 68.0 Å². The van der Waals surface area contributed by atoms with E-state index in [2.05, 4.69) is 15.5 Å².